The van der Waals surface area contributed by atoms with Crippen molar-refractivity contribution in [3.8, 4) is 22.6 Å². The van der Waals surface area contributed by atoms with Gasteiger partial charge < -0.3 is 14.8 Å². The van der Waals surface area contributed by atoms with Crippen LogP contribution in [-0.2, 0) is 11.2 Å². The minimum Gasteiger partial charge on any atom is -0.490 e. The summed E-state index contributed by atoms with van der Waals surface area (Å²) >= 11 is 0. The van der Waals surface area contributed by atoms with Crippen LogP contribution in [-0.4, -0.2) is 34.3 Å². The molecule has 7 nitrogen and oxygen atoms in total. The van der Waals surface area contributed by atoms with E-state index in [0.29, 0.717) is 24.8 Å². The molecule has 0 fully saturated rings. The number of hydrogen-bond donors (Lipinski definition) is 2. The first-order valence-electron chi connectivity index (χ1n) is 9.83. The van der Waals surface area contributed by atoms with Crippen molar-refractivity contribution in [2.45, 2.75) is 12.8 Å². The molecule has 0 saturated heterocycles. The van der Waals surface area contributed by atoms with Crippen LogP contribution in [0, 0.1) is 0 Å². The Morgan fingerprint density at radius 3 is 2.80 bits per heavy atom. The fourth-order valence-electron chi connectivity index (χ4n) is 3.50. The quantitative estimate of drug-likeness (QED) is 0.541. The number of H-pyrrole nitrogens is 1. The van der Waals surface area contributed by atoms with E-state index < -0.39 is 0 Å². The van der Waals surface area contributed by atoms with Gasteiger partial charge in [0.15, 0.2) is 17.3 Å². The van der Waals surface area contributed by atoms with E-state index in [1.54, 1.807) is 6.20 Å². The van der Waals surface area contributed by atoms with E-state index in [0.717, 1.165) is 39.8 Å². The number of pyridine rings is 1. The van der Waals surface area contributed by atoms with Crippen LogP contribution in [0.5, 0.6) is 11.5 Å². The van der Waals surface area contributed by atoms with Crippen LogP contribution >= 0.6 is 0 Å². The summed E-state index contributed by atoms with van der Waals surface area (Å²) in [6, 6.07) is 15.4. The van der Waals surface area contributed by atoms with Gasteiger partial charge in [0.2, 0.25) is 5.91 Å². The molecular weight excluding hydrogens is 380 g/mol. The van der Waals surface area contributed by atoms with Crippen molar-refractivity contribution in [1.82, 2.24) is 15.2 Å². The molecule has 3 heterocycles. The minimum atomic E-state index is -0.148. The first kappa shape index (κ1) is 18.2. The molecule has 7 heteroatoms. The van der Waals surface area contributed by atoms with Crippen LogP contribution in [0.25, 0.3) is 22.0 Å². The molecule has 5 rings (SSSR count). The van der Waals surface area contributed by atoms with E-state index in [4.69, 9.17) is 9.47 Å². The van der Waals surface area contributed by atoms with Crippen molar-refractivity contribution >= 4 is 22.6 Å². The number of nitrogens with one attached hydrogen (secondary N) is 2. The maximum Gasteiger partial charge on any atom is 0.230 e. The average molecular weight is 400 g/mol. The van der Waals surface area contributed by atoms with Crippen LogP contribution in [0.15, 0.2) is 60.9 Å². The maximum absolute atomic E-state index is 12.7. The monoisotopic (exact) mass is 400 g/mol. The molecule has 0 atom stereocenters. The van der Waals surface area contributed by atoms with Gasteiger partial charge in [0, 0.05) is 29.8 Å². The van der Waals surface area contributed by atoms with Crippen molar-refractivity contribution in [2.24, 2.45) is 0 Å². The summed E-state index contributed by atoms with van der Waals surface area (Å²) < 4.78 is 11.4. The summed E-state index contributed by atoms with van der Waals surface area (Å²) in [6.07, 6.45) is 4.61. The van der Waals surface area contributed by atoms with Gasteiger partial charge in [-0.3, -0.25) is 14.9 Å². The molecule has 2 aromatic carbocycles. The molecule has 2 N–H and O–H groups in total. The molecule has 0 unspecified atom stereocenters. The molecule has 0 bridgehead atoms. The highest BCUT2D eigenvalue weighted by atomic mass is 16.5. The van der Waals surface area contributed by atoms with Crippen LogP contribution in [0.3, 0.4) is 0 Å². The molecule has 0 saturated carbocycles. The first-order chi connectivity index (χ1) is 14.8. The molecule has 1 aliphatic rings. The second-order valence-electron chi connectivity index (χ2n) is 7.13. The third-order valence-corrected chi connectivity index (χ3v) is 4.99. The number of benzene rings is 2. The Hall–Kier alpha value is -3.87. The number of ether oxygens (including phenoxy) is 2. The fourth-order valence-corrected chi connectivity index (χ4v) is 3.50. The highest BCUT2D eigenvalue weighted by Gasteiger charge is 2.14. The zero-order valence-corrected chi connectivity index (χ0v) is 16.2. The summed E-state index contributed by atoms with van der Waals surface area (Å²) in [4.78, 5) is 16.8. The Bertz CT molecular complexity index is 1200. The standard InChI is InChI=1S/C23H20N4O3/c28-22(12-15-4-7-20-21(11-15)30-10-2-9-29-20)25-23-18-13-16(5-6-19(18)26-27-23)17-3-1-8-24-14-17/h1,3-8,11,13-14H,2,9-10,12H2,(H2,25,26,27,28). The van der Waals surface area contributed by atoms with E-state index in [9.17, 15) is 4.79 Å². The summed E-state index contributed by atoms with van der Waals surface area (Å²) in [7, 11) is 0. The summed E-state index contributed by atoms with van der Waals surface area (Å²) in [6.45, 7) is 1.25. The predicted octanol–water partition coefficient (Wildman–Crippen LogP) is 3.97. The molecule has 30 heavy (non-hydrogen) atoms. The van der Waals surface area contributed by atoms with Crippen LogP contribution in [0.1, 0.15) is 12.0 Å². The van der Waals surface area contributed by atoms with Gasteiger partial charge in [0.1, 0.15) is 0 Å². The second kappa shape index (κ2) is 7.87. The normalized spacial score (nSPS) is 13.1. The zero-order chi connectivity index (χ0) is 20.3. The molecule has 2 aromatic heterocycles. The fraction of sp³-hybridized carbons (Fsp3) is 0.174. The molecule has 1 aliphatic heterocycles. The maximum atomic E-state index is 12.7. The lowest BCUT2D eigenvalue weighted by atomic mass is 10.1. The Kier molecular flexibility index (Phi) is 4.77. The molecule has 0 spiro atoms. The van der Waals surface area contributed by atoms with Crippen LogP contribution in [0.4, 0.5) is 5.82 Å². The van der Waals surface area contributed by atoms with Crippen LogP contribution < -0.4 is 14.8 Å². The van der Waals surface area contributed by atoms with Crippen molar-refractivity contribution in [1.29, 1.82) is 0 Å². The molecule has 0 radical (unpaired) electrons. The van der Waals surface area contributed by atoms with E-state index in [1.165, 1.54) is 0 Å². The summed E-state index contributed by atoms with van der Waals surface area (Å²) in [5.41, 5.74) is 3.72. The molecule has 150 valence electrons. The molecular formula is C23H20N4O3. The zero-order valence-electron chi connectivity index (χ0n) is 16.2. The highest BCUT2D eigenvalue weighted by Crippen LogP contribution is 2.31. The lowest BCUT2D eigenvalue weighted by molar-refractivity contribution is -0.115. The molecule has 0 aliphatic carbocycles. The molecule has 1 amide bonds. The average Bonchev–Trinajstić information content (AvgIpc) is 3.01. The summed E-state index contributed by atoms with van der Waals surface area (Å²) in [5, 5.41) is 11.0. The molecule has 4 aromatic rings. The number of amides is 1. The van der Waals surface area contributed by atoms with Gasteiger partial charge >= 0.3 is 0 Å². The Morgan fingerprint density at radius 1 is 1.03 bits per heavy atom. The van der Waals surface area contributed by atoms with E-state index in [-0.39, 0.29) is 12.3 Å². The van der Waals surface area contributed by atoms with Gasteiger partial charge in [-0.15, -0.1) is 0 Å². The minimum absolute atomic E-state index is 0.148. The van der Waals surface area contributed by atoms with Gasteiger partial charge in [-0.1, -0.05) is 18.2 Å². The van der Waals surface area contributed by atoms with Crippen molar-refractivity contribution in [2.75, 3.05) is 18.5 Å². The number of aromatic nitrogens is 3. The van der Waals surface area contributed by atoms with E-state index >= 15 is 0 Å². The third-order valence-electron chi connectivity index (χ3n) is 4.99. The Labute approximate surface area is 173 Å². The second-order valence-corrected chi connectivity index (χ2v) is 7.13. The number of carbonyl (C=O) groups excluding carboxylic acids is 1. The number of fused-ring (bicyclic) bond motifs is 2. The number of aromatic amines is 1. The van der Waals surface area contributed by atoms with Gasteiger partial charge in [0.05, 0.1) is 25.2 Å². The smallest absolute Gasteiger partial charge is 0.230 e. The lowest BCUT2D eigenvalue weighted by Gasteiger charge is -2.09. The van der Waals surface area contributed by atoms with Gasteiger partial charge in [-0.2, -0.15) is 5.10 Å². The largest absolute Gasteiger partial charge is 0.490 e. The SMILES string of the molecule is O=C(Cc1ccc2c(c1)OCCCO2)Nc1n[nH]c2ccc(-c3cccnc3)cc12. The van der Waals surface area contributed by atoms with Gasteiger partial charge in [0.25, 0.3) is 0 Å². The topological polar surface area (TPSA) is 89.1 Å². The van der Waals surface area contributed by atoms with Gasteiger partial charge in [-0.05, 0) is 41.5 Å². The van der Waals surface area contributed by atoms with E-state index in [1.807, 2.05) is 54.7 Å². The number of carbonyl (C=O) groups is 1. The first-order valence-corrected chi connectivity index (χ1v) is 9.83. The Balaban J connectivity index is 1.35. The third kappa shape index (κ3) is 3.69. The van der Waals surface area contributed by atoms with Crippen LogP contribution in [0.2, 0.25) is 0 Å². The highest BCUT2D eigenvalue weighted by molar-refractivity contribution is 6.01. The van der Waals surface area contributed by atoms with Crippen molar-refractivity contribution in [3.63, 3.8) is 0 Å². The van der Waals surface area contributed by atoms with Crippen molar-refractivity contribution < 1.29 is 14.3 Å². The predicted molar refractivity (Wildman–Crippen MR) is 114 cm³/mol. The Morgan fingerprint density at radius 2 is 1.93 bits per heavy atom. The van der Waals surface area contributed by atoms with E-state index in [2.05, 4.69) is 20.5 Å². The number of rotatable bonds is 4. The number of hydrogen-bond acceptors (Lipinski definition) is 5. The summed E-state index contributed by atoms with van der Waals surface area (Å²) in [5.74, 6) is 1.77. The van der Waals surface area contributed by atoms with Crippen molar-refractivity contribution in [3.05, 3.63) is 66.5 Å². The number of anilines is 1. The van der Waals surface area contributed by atoms with Gasteiger partial charge in [-0.25, -0.2) is 0 Å². The number of nitrogens with zero attached hydrogens (tertiary/aromatic N) is 2. The lowest BCUT2D eigenvalue weighted by Crippen LogP contribution is -2.15.